The Morgan fingerprint density at radius 2 is 1.48 bits per heavy atom. The van der Waals surface area contributed by atoms with Gasteiger partial charge in [0.2, 0.25) is 0 Å². The van der Waals surface area contributed by atoms with Crippen LogP contribution in [0, 0.1) is 0 Å². The van der Waals surface area contributed by atoms with Crippen LogP contribution in [-0.4, -0.2) is 25.4 Å². The molecule has 2 aromatic carbocycles. The number of carbonyl (C=O) groups is 2. The van der Waals surface area contributed by atoms with E-state index in [2.05, 4.69) is 15.4 Å². The molecule has 0 aromatic heterocycles. The summed E-state index contributed by atoms with van der Waals surface area (Å²) in [5.74, 6) is -0.235. The predicted octanol–water partition coefficient (Wildman–Crippen LogP) is 3.09. The first-order valence-electron chi connectivity index (χ1n) is 7.33. The average molecular weight is 312 g/mol. The maximum atomic E-state index is 11.4. The lowest BCUT2D eigenvalue weighted by Gasteiger charge is -2.09. The second-order valence-corrected chi connectivity index (χ2v) is 5.17. The summed E-state index contributed by atoms with van der Waals surface area (Å²) in [4.78, 5) is 22.3. The highest BCUT2D eigenvalue weighted by atomic mass is 16.5. The summed E-state index contributed by atoms with van der Waals surface area (Å²) < 4.78 is 4.67. The monoisotopic (exact) mass is 312 g/mol. The summed E-state index contributed by atoms with van der Waals surface area (Å²) in [5.41, 5.74) is 3.50. The second-order valence-electron chi connectivity index (χ2n) is 5.17. The van der Waals surface area contributed by atoms with Gasteiger partial charge in [0.25, 0.3) is 0 Å². The molecule has 0 saturated heterocycles. The molecule has 0 aliphatic rings. The Balaban J connectivity index is 1.88. The van der Waals surface area contributed by atoms with Crippen molar-refractivity contribution >= 4 is 23.1 Å². The van der Waals surface area contributed by atoms with E-state index >= 15 is 0 Å². The minimum absolute atomic E-state index is 0.0996. The topological polar surface area (TPSA) is 67.4 Å². The van der Waals surface area contributed by atoms with E-state index in [1.807, 2.05) is 36.4 Å². The molecule has 0 spiro atoms. The summed E-state index contributed by atoms with van der Waals surface area (Å²) in [6, 6.07) is 15.0. The molecule has 0 heterocycles. The maximum Gasteiger partial charge on any atom is 0.337 e. The molecule has 23 heavy (non-hydrogen) atoms. The van der Waals surface area contributed by atoms with Crippen molar-refractivity contribution < 1.29 is 14.3 Å². The quantitative estimate of drug-likeness (QED) is 0.769. The van der Waals surface area contributed by atoms with Gasteiger partial charge in [0.05, 0.1) is 19.2 Å². The summed E-state index contributed by atoms with van der Waals surface area (Å²) in [7, 11) is 1.37. The molecule has 0 amide bonds. The standard InChI is InChI=1S/C18H20N2O3/c1-13(21)11-19-16-7-9-17(10-8-16)20-12-14-3-5-15(6-4-14)18(22)23-2/h3-10,19-20H,11-12H2,1-2H3. The number of hydrogen-bond donors (Lipinski definition) is 2. The molecule has 0 fully saturated rings. The largest absolute Gasteiger partial charge is 0.465 e. The first-order chi connectivity index (χ1) is 11.1. The van der Waals surface area contributed by atoms with Gasteiger partial charge in [-0.1, -0.05) is 12.1 Å². The summed E-state index contributed by atoms with van der Waals surface area (Å²) in [6.07, 6.45) is 0. The third kappa shape index (κ3) is 5.14. The highest BCUT2D eigenvalue weighted by Gasteiger charge is 2.04. The van der Waals surface area contributed by atoms with Crippen molar-refractivity contribution in [2.45, 2.75) is 13.5 Å². The number of anilines is 2. The predicted molar refractivity (Wildman–Crippen MR) is 90.7 cm³/mol. The SMILES string of the molecule is COC(=O)c1ccc(CNc2ccc(NCC(C)=O)cc2)cc1. The molecular weight excluding hydrogens is 292 g/mol. The van der Waals surface area contributed by atoms with Crippen LogP contribution >= 0.6 is 0 Å². The minimum Gasteiger partial charge on any atom is -0.465 e. The molecule has 2 N–H and O–H groups in total. The van der Waals surface area contributed by atoms with Gasteiger partial charge in [-0.25, -0.2) is 4.79 Å². The van der Waals surface area contributed by atoms with Crippen LogP contribution in [0.3, 0.4) is 0 Å². The average Bonchev–Trinajstić information content (AvgIpc) is 2.58. The molecule has 0 bridgehead atoms. The van der Waals surface area contributed by atoms with E-state index in [0.29, 0.717) is 18.7 Å². The van der Waals surface area contributed by atoms with E-state index < -0.39 is 0 Å². The first-order valence-corrected chi connectivity index (χ1v) is 7.33. The Hall–Kier alpha value is -2.82. The van der Waals surface area contributed by atoms with Crippen molar-refractivity contribution in [3.8, 4) is 0 Å². The lowest BCUT2D eigenvalue weighted by Crippen LogP contribution is -2.09. The number of carbonyl (C=O) groups excluding carboxylic acids is 2. The molecule has 5 nitrogen and oxygen atoms in total. The van der Waals surface area contributed by atoms with Crippen LogP contribution in [0.4, 0.5) is 11.4 Å². The molecule has 0 saturated carbocycles. The fourth-order valence-electron chi connectivity index (χ4n) is 2.01. The van der Waals surface area contributed by atoms with Gasteiger partial charge in [0.1, 0.15) is 5.78 Å². The Kier molecular flexibility index (Phi) is 5.74. The zero-order valence-corrected chi connectivity index (χ0v) is 13.3. The van der Waals surface area contributed by atoms with Crippen LogP contribution in [0.5, 0.6) is 0 Å². The zero-order valence-electron chi connectivity index (χ0n) is 13.3. The summed E-state index contributed by atoms with van der Waals surface area (Å²) >= 11 is 0. The molecule has 0 aliphatic carbocycles. The fourth-order valence-corrected chi connectivity index (χ4v) is 2.01. The fraction of sp³-hybridized carbons (Fsp3) is 0.222. The number of benzene rings is 2. The van der Waals surface area contributed by atoms with E-state index in [-0.39, 0.29) is 11.8 Å². The van der Waals surface area contributed by atoms with E-state index in [4.69, 9.17) is 0 Å². The van der Waals surface area contributed by atoms with E-state index in [9.17, 15) is 9.59 Å². The molecule has 2 aromatic rings. The van der Waals surface area contributed by atoms with E-state index in [0.717, 1.165) is 16.9 Å². The number of hydrogen-bond acceptors (Lipinski definition) is 5. The normalized spacial score (nSPS) is 10.0. The maximum absolute atomic E-state index is 11.4. The number of rotatable bonds is 7. The first kappa shape index (κ1) is 16.5. The number of Topliss-reactive ketones (excluding diaryl/α,β-unsaturated/α-hetero) is 1. The third-order valence-electron chi connectivity index (χ3n) is 3.30. The summed E-state index contributed by atoms with van der Waals surface area (Å²) in [5, 5.41) is 6.35. The van der Waals surface area contributed by atoms with Gasteiger partial charge in [-0.3, -0.25) is 4.79 Å². The van der Waals surface area contributed by atoms with Crippen LogP contribution in [0.1, 0.15) is 22.8 Å². The van der Waals surface area contributed by atoms with Crippen molar-refractivity contribution in [1.82, 2.24) is 0 Å². The van der Waals surface area contributed by atoms with Crippen molar-refractivity contribution in [1.29, 1.82) is 0 Å². The van der Waals surface area contributed by atoms with Crippen molar-refractivity contribution in [3.63, 3.8) is 0 Å². The number of ether oxygens (including phenoxy) is 1. The molecule has 0 radical (unpaired) electrons. The van der Waals surface area contributed by atoms with Crippen molar-refractivity contribution in [3.05, 3.63) is 59.7 Å². The van der Waals surface area contributed by atoms with Crippen molar-refractivity contribution in [2.75, 3.05) is 24.3 Å². The number of nitrogens with one attached hydrogen (secondary N) is 2. The molecule has 120 valence electrons. The Labute approximate surface area is 135 Å². The molecule has 5 heteroatoms. The van der Waals surface area contributed by atoms with Crippen LogP contribution in [0.15, 0.2) is 48.5 Å². The highest BCUT2D eigenvalue weighted by molar-refractivity contribution is 5.89. The molecule has 0 aliphatic heterocycles. The Bertz CT molecular complexity index is 664. The van der Waals surface area contributed by atoms with Gasteiger partial charge in [-0.2, -0.15) is 0 Å². The smallest absolute Gasteiger partial charge is 0.337 e. The van der Waals surface area contributed by atoms with Crippen molar-refractivity contribution in [2.24, 2.45) is 0 Å². The van der Waals surface area contributed by atoms with Gasteiger partial charge in [0.15, 0.2) is 0 Å². The Morgan fingerprint density at radius 1 is 0.913 bits per heavy atom. The van der Waals surface area contributed by atoms with Crippen LogP contribution < -0.4 is 10.6 Å². The molecular formula is C18H20N2O3. The Morgan fingerprint density at radius 3 is 2.00 bits per heavy atom. The number of methoxy groups -OCH3 is 1. The second kappa shape index (κ2) is 7.98. The lowest BCUT2D eigenvalue weighted by molar-refractivity contribution is -0.115. The van der Waals surface area contributed by atoms with Gasteiger partial charge < -0.3 is 15.4 Å². The molecule has 2 rings (SSSR count). The zero-order chi connectivity index (χ0) is 16.7. The third-order valence-corrected chi connectivity index (χ3v) is 3.30. The number of ketones is 1. The highest BCUT2D eigenvalue weighted by Crippen LogP contribution is 2.15. The van der Waals surface area contributed by atoms with Gasteiger partial charge in [-0.05, 0) is 48.9 Å². The van der Waals surface area contributed by atoms with Gasteiger partial charge in [-0.15, -0.1) is 0 Å². The van der Waals surface area contributed by atoms with Crippen LogP contribution in [0.2, 0.25) is 0 Å². The van der Waals surface area contributed by atoms with E-state index in [1.165, 1.54) is 7.11 Å². The minimum atomic E-state index is -0.335. The van der Waals surface area contributed by atoms with Gasteiger partial charge >= 0.3 is 5.97 Å². The van der Waals surface area contributed by atoms with Crippen LogP contribution in [0.25, 0.3) is 0 Å². The van der Waals surface area contributed by atoms with E-state index in [1.54, 1.807) is 19.1 Å². The summed E-state index contributed by atoms with van der Waals surface area (Å²) in [6.45, 7) is 2.54. The molecule has 0 atom stereocenters. The lowest BCUT2D eigenvalue weighted by atomic mass is 10.1. The molecule has 0 unspecified atom stereocenters. The van der Waals surface area contributed by atoms with Gasteiger partial charge in [0, 0.05) is 17.9 Å². The van der Waals surface area contributed by atoms with Crippen LogP contribution in [-0.2, 0) is 16.1 Å². The number of esters is 1.